The Morgan fingerprint density at radius 1 is 1.15 bits per heavy atom. The van der Waals surface area contributed by atoms with Crippen molar-refractivity contribution in [1.29, 1.82) is 5.26 Å². The molecule has 4 rings (SSSR count). The molecule has 6 nitrogen and oxygen atoms in total. The molecule has 0 spiro atoms. The summed E-state index contributed by atoms with van der Waals surface area (Å²) in [5, 5.41) is 16.6. The molecule has 1 heterocycles. The van der Waals surface area contributed by atoms with Gasteiger partial charge in [-0.25, -0.2) is 9.07 Å². The molecular formula is C26H20ClFN4O2. The Hall–Kier alpha value is -4.15. The first-order valence-electron chi connectivity index (χ1n) is 10.4. The fourth-order valence-corrected chi connectivity index (χ4v) is 3.55. The number of hydrogen-bond donors (Lipinski definition) is 1. The second-order valence-electron chi connectivity index (χ2n) is 7.60. The van der Waals surface area contributed by atoms with Crippen LogP contribution < -0.4 is 10.1 Å². The van der Waals surface area contributed by atoms with Crippen LogP contribution in [0.2, 0.25) is 5.02 Å². The number of amides is 1. The van der Waals surface area contributed by atoms with E-state index in [-0.39, 0.29) is 18.2 Å². The number of carbonyl (C=O) groups excluding carboxylic acids is 1. The summed E-state index contributed by atoms with van der Waals surface area (Å²) in [5.41, 5.74) is 3.51. The molecule has 0 fully saturated rings. The van der Waals surface area contributed by atoms with Crippen molar-refractivity contribution < 1.29 is 13.9 Å². The Morgan fingerprint density at radius 3 is 2.53 bits per heavy atom. The minimum Gasteiger partial charge on any atom is -0.489 e. The number of rotatable bonds is 6. The van der Waals surface area contributed by atoms with Crippen molar-refractivity contribution in [2.24, 2.45) is 0 Å². The van der Waals surface area contributed by atoms with Crippen LogP contribution in [-0.4, -0.2) is 15.7 Å². The molecule has 8 heteroatoms. The first-order chi connectivity index (χ1) is 16.4. The van der Waals surface area contributed by atoms with Crippen molar-refractivity contribution in [3.8, 4) is 17.5 Å². The maximum absolute atomic E-state index is 14.7. The highest BCUT2D eigenvalue weighted by atomic mass is 35.5. The zero-order chi connectivity index (χ0) is 24.2. The molecule has 1 amide bonds. The lowest BCUT2D eigenvalue weighted by molar-refractivity contribution is 0.102. The standard InChI is InChI=1S/C26H20ClFN4O2/c1-16-25(27)17(2)32(31-16)24-12-9-21(13-23(24)28)30-26(33)18-7-10-22(11-8-18)34-15-20-6-4-3-5-19(20)14-29/h3-13H,15H2,1-2H3,(H,30,33). The van der Waals surface area contributed by atoms with Crippen LogP contribution in [0.15, 0.2) is 66.7 Å². The van der Waals surface area contributed by atoms with E-state index < -0.39 is 5.82 Å². The number of ether oxygens (including phenoxy) is 1. The summed E-state index contributed by atoms with van der Waals surface area (Å²) >= 11 is 6.16. The average Bonchev–Trinajstić information content (AvgIpc) is 3.10. The molecule has 170 valence electrons. The molecule has 0 unspecified atom stereocenters. The van der Waals surface area contributed by atoms with Crippen LogP contribution in [0.4, 0.5) is 10.1 Å². The number of nitriles is 1. The lowest BCUT2D eigenvalue weighted by Crippen LogP contribution is -2.12. The monoisotopic (exact) mass is 474 g/mol. The highest BCUT2D eigenvalue weighted by Crippen LogP contribution is 2.25. The zero-order valence-electron chi connectivity index (χ0n) is 18.5. The van der Waals surface area contributed by atoms with E-state index in [9.17, 15) is 9.18 Å². The van der Waals surface area contributed by atoms with Crippen molar-refractivity contribution in [2.75, 3.05) is 5.32 Å². The quantitative estimate of drug-likeness (QED) is 0.372. The summed E-state index contributed by atoms with van der Waals surface area (Å²) in [6.07, 6.45) is 0. The van der Waals surface area contributed by atoms with Crippen molar-refractivity contribution in [3.05, 3.63) is 106 Å². The van der Waals surface area contributed by atoms with Gasteiger partial charge in [0, 0.05) is 16.8 Å². The van der Waals surface area contributed by atoms with Gasteiger partial charge in [-0.1, -0.05) is 29.8 Å². The Morgan fingerprint density at radius 2 is 1.88 bits per heavy atom. The summed E-state index contributed by atoms with van der Waals surface area (Å²) in [6, 6.07) is 20.3. The van der Waals surface area contributed by atoms with Gasteiger partial charge >= 0.3 is 0 Å². The van der Waals surface area contributed by atoms with E-state index >= 15 is 0 Å². The average molecular weight is 475 g/mol. The molecule has 0 aliphatic rings. The van der Waals surface area contributed by atoms with Gasteiger partial charge in [-0.15, -0.1) is 0 Å². The lowest BCUT2D eigenvalue weighted by atomic mass is 10.1. The third-order valence-electron chi connectivity index (χ3n) is 5.29. The number of carbonyl (C=O) groups is 1. The number of halogens is 2. The van der Waals surface area contributed by atoms with Gasteiger partial charge in [0.05, 0.1) is 28.0 Å². The normalized spacial score (nSPS) is 10.6. The predicted octanol–water partition coefficient (Wildman–Crippen LogP) is 5.98. The van der Waals surface area contributed by atoms with Gasteiger partial charge in [-0.2, -0.15) is 10.4 Å². The number of nitrogens with one attached hydrogen (secondary N) is 1. The number of aromatic nitrogens is 2. The minimum atomic E-state index is -0.540. The first-order valence-corrected chi connectivity index (χ1v) is 10.8. The molecule has 0 saturated heterocycles. The SMILES string of the molecule is Cc1nn(-c2ccc(NC(=O)c3ccc(OCc4ccccc4C#N)cc3)cc2F)c(C)c1Cl. The van der Waals surface area contributed by atoms with Crippen LogP contribution in [0.25, 0.3) is 5.69 Å². The van der Waals surface area contributed by atoms with E-state index in [1.54, 1.807) is 56.3 Å². The molecule has 0 saturated carbocycles. The predicted molar refractivity (Wildman–Crippen MR) is 128 cm³/mol. The van der Waals surface area contributed by atoms with E-state index in [0.29, 0.717) is 39.0 Å². The Labute approximate surface area is 201 Å². The van der Waals surface area contributed by atoms with Gasteiger partial charge < -0.3 is 10.1 Å². The van der Waals surface area contributed by atoms with Gasteiger partial charge in [0.15, 0.2) is 5.82 Å². The number of anilines is 1. The van der Waals surface area contributed by atoms with Crippen LogP contribution in [0.1, 0.15) is 32.9 Å². The van der Waals surface area contributed by atoms with Crippen LogP contribution >= 0.6 is 11.6 Å². The molecular weight excluding hydrogens is 455 g/mol. The van der Waals surface area contributed by atoms with Crippen molar-refractivity contribution in [3.63, 3.8) is 0 Å². The molecule has 0 aliphatic carbocycles. The second kappa shape index (κ2) is 9.77. The summed E-state index contributed by atoms with van der Waals surface area (Å²) in [7, 11) is 0. The van der Waals surface area contributed by atoms with E-state index in [1.165, 1.54) is 16.8 Å². The Kier molecular flexibility index (Phi) is 6.62. The number of benzene rings is 3. The minimum absolute atomic E-state index is 0.237. The van der Waals surface area contributed by atoms with Crippen LogP contribution in [0.5, 0.6) is 5.75 Å². The highest BCUT2D eigenvalue weighted by molar-refractivity contribution is 6.31. The Bertz CT molecular complexity index is 1410. The zero-order valence-corrected chi connectivity index (χ0v) is 19.2. The molecule has 1 aromatic heterocycles. The van der Waals surface area contributed by atoms with Crippen molar-refractivity contribution in [1.82, 2.24) is 9.78 Å². The smallest absolute Gasteiger partial charge is 0.255 e. The fraction of sp³-hybridized carbons (Fsp3) is 0.115. The largest absolute Gasteiger partial charge is 0.489 e. The maximum atomic E-state index is 14.7. The van der Waals surface area contributed by atoms with Crippen molar-refractivity contribution >= 4 is 23.2 Å². The third-order valence-corrected chi connectivity index (χ3v) is 5.83. The molecule has 3 aromatic carbocycles. The molecule has 0 atom stereocenters. The van der Waals surface area contributed by atoms with Gasteiger partial charge in [0.1, 0.15) is 18.0 Å². The lowest BCUT2D eigenvalue weighted by Gasteiger charge is -2.10. The van der Waals surface area contributed by atoms with Crippen molar-refractivity contribution in [2.45, 2.75) is 20.5 Å². The number of nitrogens with zero attached hydrogens (tertiary/aromatic N) is 3. The summed E-state index contributed by atoms with van der Waals surface area (Å²) in [6.45, 7) is 3.74. The van der Waals surface area contributed by atoms with E-state index in [1.807, 2.05) is 12.1 Å². The van der Waals surface area contributed by atoms with Gasteiger partial charge in [0.2, 0.25) is 0 Å². The van der Waals surface area contributed by atoms with Crippen LogP contribution in [-0.2, 0) is 6.61 Å². The molecule has 34 heavy (non-hydrogen) atoms. The van der Waals surface area contributed by atoms with E-state index in [4.69, 9.17) is 21.6 Å². The van der Waals surface area contributed by atoms with E-state index in [0.717, 1.165) is 5.56 Å². The summed E-state index contributed by atoms with van der Waals surface area (Å²) < 4.78 is 21.9. The van der Waals surface area contributed by atoms with Gasteiger partial charge in [-0.3, -0.25) is 4.79 Å². The number of hydrogen-bond acceptors (Lipinski definition) is 4. The molecule has 0 bridgehead atoms. The fourth-order valence-electron chi connectivity index (χ4n) is 3.44. The highest BCUT2D eigenvalue weighted by Gasteiger charge is 2.15. The second-order valence-corrected chi connectivity index (χ2v) is 7.98. The molecule has 4 aromatic rings. The van der Waals surface area contributed by atoms with E-state index in [2.05, 4.69) is 16.5 Å². The third kappa shape index (κ3) is 4.77. The van der Waals surface area contributed by atoms with Crippen LogP contribution in [0, 0.1) is 31.0 Å². The van der Waals surface area contributed by atoms with Gasteiger partial charge in [0.25, 0.3) is 5.91 Å². The molecule has 0 radical (unpaired) electrons. The topological polar surface area (TPSA) is 79.9 Å². The number of aryl methyl sites for hydroxylation is 1. The first kappa shape index (κ1) is 23.0. The summed E-state index contributed by atoms with van der Waals surface area (Å²) in [5.74, 6) is -0.368. The van der Waals surface area contributed by atoms with Crippen LogP contribution in [0.3, 0.4) is 0 Å². The Balaban J connectivity index is 1.42. The molecule has 1 N–H and O–H groups in total. The maximum Gasteiger partial charge on any atom is 0.255 e. The molecule has 0 aliphatic heterocycles. The summed E-state index contributed by atoms with van der Waals surface area (Å²) in [4.78, 5) is 12.6. The van der Waals surface area contributed by atoms with Gasteiger partial charge in [-0.05, 0) is 62.4 Å².